The van der Waals surface area contributed by atoms with Crippen LogP contribution in [0.15, 0.2) is 111 Å². The van der Waals surface area contributed by atoms with E-state index in [0.29, 0.717) is 16.3 Å². The van der Waals surface area contributed by atoms with Crippen LogP contribution in [-0.2, 0) is 16.4 Å². The topological polar surface area (TPSA) is 77.1 Å². The second kappa shape index (κ2) is 9.10. The van der Waals surface area contributed by atoms with Gasteiger partial charge in [-0.3, -0.25) is 0 Å². The zero-order valence-electron chi connectivity index (χ0n) is 19.9. The molecule has 1 N–H and O–H groups in total. The van der Waals surface area contributed by atoms with Crippen molar-refractivity contribution in [2.24, 2.45) is 0 Å². The van der Waals surface area contributed by atoms with Crippen LogP contribution in [0.25, 0.3) is 33.3 Å². The largest absolute Gasteiger partial charge is 0.419 e. The van der Waals surface area contributed by atoms with Crippen molar-refractivity contribution in [2.75, 3.05) is 5.32 Å². The first-order chi connectivity index (χ1) is 18.0. The van der Waals surface area contributed by atoms with Crippen LogP contribution in [-0.4, -0.2) is 18.0 Å². The van der Waals surface area contributed by atoms with Crippen LogP contribution < -0.4 is 5.32 Å². The van der Waals surface area contributed by atoms with Crippen molar-refractivity contribution in [1.29, 1.82) is 0 Å². The van der Waals surface area contributed by atoms with Crippen LogP contribution in [0.2, 0.25) is 5.02 Å². The number of anilines is 2. The molecule has 0 unspecified atom stereocenters. The first-order valence-electron chi connectivity index (χ1n) is 11.8. The molecule has 0 fully saturated rings. The normalized spacial score (nSPS) is 11.8. The molecule has 0 aliphatic rings. The molecule has 6 rings (SSSR count). The molecule has 0 amide bonds. The van der Waals surface area contributed by atoms with E-state index < -0.39 is 9.84 Å². The predicted molar refractivity (Wildman–Crippen MR) is 147 cm³/mol. The smallest absolute Gasteiger partial charge is 0.238 e. The summed E-state index contributed by atoms with van der Waals surface area (Å²) in [4.78, 5) is 4.53. The first kappa shape index (κ1) is 23.3. The highest BCUT2D eigenvalue weighted by Gasteiger charge is 2.29. The Balaban J connectivity index is 1.51. The third-order valence-electron chi connectivity index (χ3n) is 6.35. The minimum absolute atomic E-state index is 0.0253. The standard InChI is InChI=1S/C29H22ClN3O3S/c1-2-33-25-15-9-7-12-21(25)23-18-19(16-17-26(23)33)31-28-29(37(34,35)20-10-4-3-5-11-20)32-27(36-28)22-13-6-8-14-24(22)30/h3-18,31H,2H2,1H3. The van der Waals surface area contributed by atoms with Crippen molar-refractivity contribution < 1.29 is 12.8 Å². The van der Waals surface area contributed by atoms with E-state index in [0.717, 1.165) is 28.4 Å². The van der Waals surface area contributed by atoms with Gasteiger partial charge in [-0.1, -0.05) is 60.1 Å². The average Bonchev–Trinajstić information content (AvgIpc) is 3.49. The van der Waals surface area contributed by atoms with Gasteiger partial charge in [-0.2, -0.15) is 4.98 Å². The van der Waals surface area contributed by atoms with Crippen LogP contribution >= 0.6 is 11.6 Å². The summed E-state index contributed by atoms with van der Waals surface area (Å²) in [6, 6.07) is 29.4. The molecule has 8 heteroatoms. The lowest BCUT2D eigenvalue weighted by Gasteiger charge is -2.07. The van der Waals surface area contributed by atoms with Crippen LogP contribution in [0.1, 0.15) is 6.92 Å². The molecule has 2 aromatic heterocycles. The molecule has 0 atom stereocenters. The minimum atomic E-state index is -3.98. The minimum Gasteiger partial charge on any atom is -0.419 e. The zero-order valence-corrected chi connectivity index (χ0v) is 21.4. The number of fused-ring (bicyclic) bond motifs is 3. The second-order valence-electron chi connectivity index (χ2n) is 8.57. The lowest BCUT2D eigenvalue weighted by Crippen LogP contribution is -2.05. The maximum atomic E-state index is 13.6. The van der Waals surface area contributed by atoms with E-state index >= 15 is 0 Å². The number of hydrogen-bond acceptors (Lipinski definition) is 5. The Hall–Kier alpha value is -4.07. The summed E-state index contributed by atoms with van der Waals surface area (Å²) in [6.45, 7) is 2.95. The fraction of sp³-hybridized carbons (Fsp3) is 0.0690. The van der Waals surface area contributed by atoms with Gasteiger partial charge in [0.2, 0.25) is 26.6 Å². The summed E-state index contributed by atoms with van der Waals surface area (Å²) in [7, 11) is -3.98. The molecular weight excluding hydrogens is 506 g/mol. The van der Waals surface area contributed by atoms with Crippen LogP contribution in [0.4, 0.5) is 11.6 Å². The third-order valence-corrected chi connectivity index (χ3v) is 8.36. The lowest BCUT2D eigenvalue weighted by atomic mass is 10.1. The van der Waals surface area contributed by atoms with Crippen LogP contribution in [0.3, 0.4) is 0 Å². The summed E-state index contributed by atoms with van der Waals surface area (Å²) >= 11 is 6.38. The summed E-state index contributed by atoms with van der Waals surface area (Å²) in [5.74, 6) is 0.142. The number of halogens is 1. The van der Waals surface area contributed by atoms with Gasteiger partial charge in [0.1, 0.15) is 0 Å². The van der Waals surface area contributed by atoms with Gasteiger partial charge in [-0.25, -0.2) is 8.42 Å². The van der Waals surface area contributed by atoms with Gasteiger partial charge < -0.3 is 14.3 Å². The van der Waals surface area contributed by atoms with E-state index in [2.05, 4.69) is 33.9 Å². The van der Waals surface area contributed by atoms with E-state index in [4.69, 9.17) is 16.0 Å². The Bertz CT molecular complexity index is 1880. The van der Waals surface area contributed by atoms with Crippen molar-refractivity contribution in [3.8, 4) is 11.5 Å². The van der Waals surface area contributed by atoms with Gasteiger partial charge in [0, 0.05) is 34.0 Å². The van der Waals surface area contributed by atoms with E-state index in [1.807, 2.05) is 30.3 Å². The number of nitrogens with zero attached hydrogens (tertiary/aromatic N) is 2. The predicted octanol–water partition coefficient (Wildman–Crippen LogP) is 7.70. The number of nitrogens with one attached hydrogen (secondary N) is 1. The molecule has 184 valence electrons. The number of rotatable bonds is 6. The fourth-order valence-electron chi connectivity index (χ4n) is 4.63. The van der Waals surface area contributed by atoms with Gasteiger partial charge in [0.25, 0.3) is 0 Å². The molecule has 2 heterocycles. The summed E-state index contributed by atoms with van der Waals surface area (Å²) in [5.41, 5.74) is 3.42. The van der Waals surface area contributed by atoms with Gasteiger partial charge in [0.15, 0.2) is 0 Å². The second-order valence-corrected chi connectivity index (χ2v) is 10.8. The number of oxazole rings is 1. The highest BCUT2D eigenvalue weighted by Crippen LogP contribution is 2.37. The monoisotopic (exact) mass is 527 g/mol. The molecular formula is C29H22ClN3O3S. The number of para-hydroxylation sites is 1. The highest BCUT2D eigenvalue weighted by molar-refractivity contribution is 7.91. The summed E-state index contributed by atoms with van der Waals surface area (Å²) < 4.78 is 35.5. The molecule has 4 aromatic carbocycles. The van der Waals surface area contributed by atoms with E-state index in [-0.39, 0.29) is 21.7 Å². The van der Waals surface area contributed by atoms with Crippen LogP contribution in [0, 0.1) is 0 Å². The maximum absolute atomic E-state index is 13.6. The molecule has 6 aromatic rings. The zero-order chi connectivity index (χ0) is 25.6. The van der Waals surface area contributed by atoms with Crippen molar-refractivity contribution in [3.05, 3.63) is 102 Å². The molecule has 0 radical (unpaired) electrons. The SMILES string of the molecule is CCn1c2ccccc2c2cc(Nc3oc(-c4ccccc4Cl)nc3S(=O)(=O)c3ccccc3)ccc21. The molecule has 0 saturated heterocycles. The average molecular weight is 528 g/mol. The summed E-state index contributed by atoms with van der Waals surface area (Å²) in [6.07, 6.45) is 0. The van der Waals surface area contributed by atoms with E-state index in [1.165, 1.54) is 12.1 Å². The Morgan fingerprint density at radius 1 is 0.865 bits per heavy atom. The van der Waals surface area contributed by atoms with Crippen LogP contribution in [0.5, 0.6) is 0 Å². The number of aryl methyl sites for hydroxylation is 1. The number of sulfone groups is 1. The number of hydrogen-bond donors (Lipinski definition) is 1. The molecule has 37 heavy (non-hydrogen) atoms. The van der Waals surface area contributed by atoms with Gasteiger partial charge in [-0.05, 0) is 55.5 Å². The highest BCUT2D eigenvalue weighted by atomic mass is 35.5. The number of aromatic nitrogens is 2. The Labute approximate surface area is 219 Å². The molecule has 6 nitrogen and oxygen atoms in total. The molecule has 0 aliphatic heterocycles. The van der Waals surface area contributed by atoms with Crippen molar-refractivity contribution in [3.63, 3.8) is 0 Å². The van der Waals surface area contributed by atoms with E-state index in [9.17, 15) is 8.42 Å². The van der Waals surface area contributed by atoms with E-state index in [1.54, 1.807) is 42.5 Å². The Kier molecular flexibility index (Phi) is 5.74. The summed E-state index contributed by atoms with van der Waals surface area (Å²) in [5, 5.41) is 5.56. The quantitative estimate of drug-likeness (QED) is 0.240. The molecule has 0 aliphatic carbocycles. The van der Waals surface area contributed by atoms with Gasteiger partial charge in [0.05, 0.1) is 15.5 Å². The van der Waals surface area contributed by atoms with Crippen molar-refractivity contribution in [1.82, 2.24) is 9.55 Å². The maximum Gasteiger partial charge on any atom is 0.238 e. The first-order valence-corrected chi connectivity index (χ1v) is 13.7. The Morgan fingerprint density at radius 3 is 2.35 bits per heavy atom. The lowest BCUT2D eigenvalue weighted by molar-refractivity contribution is 0.582. The Morgan fingerprint density at radius 2 is 1.57 bits per heavy atom. The number of benzene rings is 4. The molecule has 0 spiro atoms. The molecule has 0 saturated carbocycles. The molecule has 0 bridgehead atoms. The van der Waals surface area contributed by atoms with Gasteiger partial charge in [-0.15, -0.1) is 0 Å². The third kappa shape index (κ3) is 3.97. The van der Waals surface area contributed by atoms with Crippen molar-refractivity contribution in [2.45, 2.75) is 23.4 Å². The fourth-order valence-corrected chi connectivity index (χ4v) is 6.13. The van der Waals surface area contributed by atoms with Gasteiger partial charge >= 0.3 is 0 Å². The van der Waals surface area contributed by atoms with Crippen molar-refractivity contribution >= 4 is 54.8 Å².